The fourth-order valence-electron chi connectivity index (χ4n) is 4.65. The summed E-state index contributed by atoms with van der Waals surface area (Å²) in [6.45, 7) is 3.36. The predicted octanol–water partition coefficient (Wildman–Crippen LogP) is 6.44. The van der Waals surface area contributed by atoms with Crippen LogP contribution in [-0.2, 0) is 10.4 Å². The molecule has 4 aromatic rings. The Morgan fingerprint density at radius 1 is 0.800 bits per heavy atom. The van der Waals surface area contributed by atoms with Crippen molar-refractivity contribution in [2.75, 3.05) is 14.2 Å². The van der Waals surface area contributed by atoms with E-state index >= 15 is 0 Å². The zero-order valence-corrected chi connectivity index (χ0v) is 20.1. The van der Waals surface area contributed by atoms with Gasteiger partial charge in [-0.25, -0.2) is 0 Å². The minimum absolute atomic E-state index is 0.357. The number of esters is 1. The number of methoxy groups -OCH3 is 2. The first kappa shape index (κ1) is 22.5. The van der Waals surface area contributed by atoms with Gasteiger partial charge in [-0.1, -0.05) is 54.6 Å². The van der Waals surface area contributed by atoms with Crippen molar-refractivity contribution in [3.8, 4) is 23.0 Å². The highest BCUT2D eigenvalue weighted by atomic mass is 16.5. The molecule has 5 heteroatoms. The Morgan fingerprint density at radius 3 is 1.86 bits per heavy atom. The van der Waals surface area contributed by atoms with E-state index in [0.29, 0.717) is 5.75 Å². The number of ether oxygens (including phenoxy) is 4. The standard InChI is InChI=1S/C30H26O5/c1-19-25-17-18-30(21-9-13-23(32-3)14-10-21,22-11-15-24(33-4)16-12-22)35-29(25)27-8-6-5-7-26(27)28(19)34-20(2)31/h5-18H,1-4H3. The lowest BCUT2D eigenvalue weighted by atomic mass is 9.82. The van der Waals surface area contributed by atoms with Crippen molar-refractivity contribution >= 4 is 22.8 Å². The van der Waals surface area contributed by atoms with Crippen LogP contribution in [0.5, 0.6) is 23.0 Å². The Bertz CT molecular complexity index is 1390. The summed E-state index contributed by atoms with van der Waals surface area (Å²) < 4.78 is 23.4. The van der Waals surface area contributed by atoms with E-state index in [2.05, 4.69) is 12.2 Å². The van der Waals surface area contributed by atoms with Crippen molar-refractivity contribution in [3.63, 3.8) is 0 Å². The molecule has 5 nitrogen and oxygen atoms in total. The molecule has 0 saturated heterocycles. The van der Waals surface area contributed by atoms with E-state index in [9.17, 15) is 4.79 Å². The molecule has 0 atom stereocenters. The summed E-state index contributed by atoms with van der Waals surface area (Å²) in [5.41, 5.74) is 2.76. The van der Waals surface area contributed by atoms with E-state index in [1.807, 2.05) is 79.7 Å². The van der Waals surface area contributed by atoms with E-state index in [1.54, 1.807) is 14.2 Å². The molecule has 0 fully saturated rings. The third kappa shape index (κ3) is 3.79. The number of carbonyl (C=O) groups excluding carboxylic acids is 1. The molecule has 0 aromatic heterocycles. The largest absolute Gasteiger partial charge is 0.497 e. The van der Waals surface area contributed by atoms with Crippen LogP contribution in [0.25, 0.3) is 16.8 Å². The minimum atomic E-state index is -0.885. The zero-order valence-electron chi connectivity index (χ0n) is 20.1. The van der Waals surface area contributed by atoms with Crippen molar-refractivity contribution in [1.29, 1.82) is 0 Å². The average Bonchev–Trinajstić information content (AvgIpc) is 2.90. The Labute approximate surface area is 204 Å². The molecule has 176 valence electrons. The molecule has 5 rings (SSSR count). The van der Waals surface area contributed by atoms with Crippen LogP contribution in [0.15, 0.2) is 78.9 Å². The van der Waals surface area contributed by atoms with Crippen molar-refractivity contribution in [2.24, 2.45) is 0 Å². The maximum Gasteiger partial charge on any atom is 0.308 e. The Hall–Kier alpha value is -4.25. The molecular weight excluding hydrogens is 440 g/mol. The van der Waals surface area contributed by atoms with Gasteiger partial charge in [0, 0.05) is 39.9 Å². The maximum absolute atomic E-state index is 11.9. The van der Waals surface area contributed by atoms with Crippen molar-refractivity contribution in [3.05, 3.63) is 101 Å². The van der Waals surface area contributed by atoms with E-state index in [0.717, 1.165) is 50.3 Å². The lowest BCUT2D eigenvalue weighted by molar-refractivity contribution is -0.131. The second-order valence-electron chi connectivity index (χ2n) is 8.46. The van der Waals surface area contributed by atoms with Gasteiger partial charge in [-0.3, -0.25) is 4.79 Å². The molecular formula is C30H26O5. The molecule has 1 aliphatic rings. The highest BCUT2D eigenvalue weighted by molar-refractivity contribution is 6.00. The number of hydrogen-bond acceptors (Lipinski definition) is 5. The average molecular weight is 467 g/mol. The Morgan fingerprint density at radius 2 is 1.34 bits per heavy atom. The van der Waals surface area contributed by atoms with E-state index in [1.165, 1.54) is 6.92 Å². The molecule has 0 saturated carbocycles. The fraction of sp³-hybridized carbons (Fsp3) is 0.167. The molecule has 0 spiro atoms. The lowest BCUT2D eigenvalue weighted by Gasteiger charge is -2.37. The van der Waals surface area contributed by atoms with Gasteiger partial charge in [-0.2, -0.15) is 0 Å². The van der Waals surface area contributed by atoms with Gasteiger partial charge in [-0.05, 0) is 37.3 Å². The third-order valence-electron chi connectivity index (χ3n) is 6.44. The molecule has 0 unspecified atom stereocenters. The minimum Gasteiger partial charge on any atom is -0.497 e. The number of hydrogen-bond donors (Lipinski definition) is 0. The van der Waals surface area contributed by atoms with Crippen molar-refractivity contribution in [2.45, 2.75) is 19.4 Å². The topological polar surface area (TPSA) is 54.0 Å². The number of rotatable bonds is 5. The molecule has 4 aromatic carbocycles. The van der Waals surface area contributed by atoms with Crippen molar-refractivity contribution < 1.29 is 23.7 Å². The van der Waals surface area contributed by atoms with E-state index < -0.39 is 5.60 Å². The van der Waals surface area contributed by atoms with Crippen LogP contribution in [0.3, 0.4) is 0 Å². The first-order valence-electron chi connectivity index (χ1n) is 11.4. The summed E-state index contributed by atoms with van der Waals surface area (Å²) in [5, 5.41) is 1.70. The van der Waals surface area contributed by atoms with Crippen LogP contribution >= 0.6 is 0 Å². The molecule has 35 heavy (non-hydrogen) atoms. The molecule has 0 amide bonds. The summed E-state index contributed by atoms with van der Waals surface area (Å²) in [6, 6.07) is 23.6. The summed E-state index contributed by atoms with van der Waals surface area (Å²) >= 11 is 0. The molecule has 1 heterocycles. The Balaban J connectivity index is 1.76. The van der Waals surface area contributed by atoms with Gasteiger partial charge in [-0.15, -0.1) is 0 Å². The van der Waals surface area contributed by atoms with Crippen LogP contribution in [0.2, 0.25) is 0 Å². The Kier molecular flexibility index (Phi) is 5.69. The summed E-state index contributed by atoms with van der Waals surface area (Å²) in [5.74, 6) is 2.48. The predicted molar refractivity (Wildman–Crippen MR) is 136 cm³/mol. The monoisotopic (exact) mass is 466 g/mol. The molecule has 0 aliphatic carbocycles. The zero-order chi connectivity index (χ0) is 24.6. The first-order valence-corrected chi connectivity index (χ1v) is 11.4. The molecule has 0 radical (unpaired) electrons. The highest BCUT2D eigenvalue weighted by Gasteiger charge is 2.39. The van der Waals surface area contributed by atoms with Crippen molar-refractivity contribution in [1.82, 2.24) is 0 Å². The van der Waals surface area contributed by atoms with Crippen LogP contribution in [0.1, 0.15) is 29.2 Å². The quantitative estimate of drug-likeness (QED) is 0.250. The summed E-state index contributed by atoms with van der Waals surface area (Å²) in [6.07, 6.45) is 4.11. The molecule has 1 aliphatic heterocycles. The second-order valence-corrected chi connectivity index (χ2v) is 8.46. The van der Waals surface area contributed by atoms with Crippen LogP contribution in [0, 0.1) is 6.92 Å². The van der Waals surface area contributed by atoms with Gasteiger partial charge < -0.3 is 18.9 Å². The second kappa shape index (κ2) is 8.84. The van der Waals surface area contributed by atoms with Crippen LogP contribution in [0.4, 0.5) is 0 Å². The summed E-state index contributed by atoms with van der Waals surface area (Å²) in [7, 11) is 3.30. The summed E-state index contributed by atoms with van der Waals surface area (Å²) in [4.78, 5) is 11.9. The van der Waals surface area contributed by atoms with Crippen LogP contribution < -0.4 is 18.9 Å². The lowest BCUT2D eigenvalue weighted by Crippen LogP contribution is -2.34. The third-order valence-corrected chi connectivity index (χ3v) is 6.44. The van der Waals surface area contributed by atoms with Gasteiger partial charge in [0.15, 0.2) is 5.60 Å². The normalized spacial score (nSPS) is 13.6. The van der Waals surface area contributed by atoms with E-state index in [4.69, 9.17) is 18.9 Å². The maximum atomic E-state index is 11.9. The van der Waals surface area contributed by atoms with Gasteiger partial charge in [0.1, 0.15) is 23.0 Å². The molecule has 0 N–H and O–H groups in total. The van der Waals surface area contributed by atoms with E-state index in [-0.39, 0.29) is 5.97 Å². The number of carbonyl (C=O) groups is 1. The highest BCUT2D eigenvalue weighted by Crippen LogP contribution is 2.49. The molecule has 0 bridgehead atoms. The van der Waals surface area contributed by atoms with Gasteiger partial charge in [0.05, 0.1) is 14.2 Å². The van der Waals surface area contributed by atoms with Gasteiger partial charge in [0.25, 0.3) is 0 Å². The van der Waals surface area contributed by atoms with Crippen LogP contribution in [-0.4, -0.2) is 20.2 Å². The van der Waals surface area contributed by atoms with Gasteiger partial charge in [0.2, 0.25) is 0 Å². The first-order chi connectivity index (χ1) is 17.0. The smallest absolute Gasteiger partial charge is 0.308 e. The number of fused-ring (bicyclic) bond motifs is 3. The van der Waals surface area contributed by atoms with Gasteiger partial charge >= 0.3 is 5.97 Å². The number of benzene rings is 4. The fourth-order valence-corrected chi connectivity index (χ4v) is 4.65. The SMILES string of the molecule is COc1ccc(C2(c3ccc(OC)cc3)C=Cc3c(C)c(OC(C)=O)c4ccccc4c3O2)cc1.